The average molecular weight is 259 g/mol. The van der Waals surface area contributed by atoms with Gasteiger partial charge in [-0.1, -0.05) is 36.8 Å². The van der Waals surface area contributed by atoms with Crippen molar-refractivity contribution in [3.05, 3.63) is 35.4 Å². The summed E-state index contributed by atoms with van der Waals surface area (Å²) in [5, 5.41) is 8.97. The molecule has 1 aromatic rings. The number of likely N-dealkylation sites (N-methyl/N-ethyl adjacent to an activating group) is 1. The van der Waals surface area contributed by atoms with E-state index in [9.17, 15) is 0 Å². The standard InChI is InChI=1S/C16H25N3/c1-5-15(18)16(19(4)11-13(3)10-17)14-8-6-7-12(2)9-14/h6-9,13,15-16H,5,11,18H2,1-4H3. The minimum absolute atomic E-state index is 0.0152. The van der Waals surface area contributed by atoms with Crippen molar-refractivity contribution in [2.75, 3.05) is 13.6 Å². The molecule has 1 aromatic carbocycles. The van der Waals surface area contributed by atoms with E-state index in [1.165, 1.54) is 11.1 Å². The van der Waals surface area contributed by atoms with Gasteiger partial charge in [0.15, 0.2) is 0 Å². The fourth-order valence-electron chi connectivity index (χ4n) is 2.49. The third-order valence-corrected chi connectivity index (χ3v) is 3.52. The predicted octanol–water partition coefficient (Wildman–Crippen LogP) is 2.86. The number of nitrogens with zero attached hydrogens (tertiary/aromatic N) is 2. The van der Waals surface area contributed by atoms with Gasteiger partial charge in [-0.2, -0.15) is 5.26 Å². The van der Waals surface area contributed by atoms with Gasteiger partial charge in [0.25, 0.3) is 0 Å². The Morgan fingerprint density at radius 3 is 2.63 bits per heavy atom. The van der Waals surface area contributed by atoms with Gasteiger partial charge in [-0.05, 0) is 32.9 Å². The highest BCUT2D eigenvalue weighted by Crippen LogP contribution is 2.25. The van der Waals surface area contributed by atoms with Gasteiger partial charge in [-0.25, -0.2) is 0 Å². The van der Waals surface area contributed by atoms with Crippen molar-refractivity contribution in [2.45, 2.75) is 39.3 Å². The van der Waals surface area contributed by atoms with Crippen molar-refractivity contribution in [1.29, 1.82) is 5.26 Å². The van der Waals surface area contributed by atoms with Crippen LogP contribution in [0.2, 0.25) is 0 Å². The fourth-order valence-corrected chi connectivity index (χ4v) is 2.49. The van der Waals surface area contributed by atoms with E-state index in [2.05, 4.69) is 56.1 Å². The lowest BCUT2D eigenvalue weighted by Crippen LogP contribution is -2.40. The summed E-state index contributed by atoms with van der Waals surface area (Å²) in [6.07, 6.45) is 0.921. The second kappa shape index (κ2) is 7.28. The molecule has 0 aliphatic rings. The quantitative estimate of drug-likeness (QED) is 0.854. The Bertz CT molecular complexity index is 436. The molecule has 0 aromatic heterocycles. The number of aryl methyl sites for hydroxylation is 1. The molecule has 0 aliphatic carbocycles. The molecule has 19 heavy (non-hydrogen) atoms. The molecule has 0 saturated carbocycles. The van der Waals surface area contributed by atoms with E-state index < -0.39 is 0 Å². The molecule has 0 amide bonds. The second-order valence-electron chi connectivity index (χ2n) is 5.40. The Kier molecular flexibility index (Phi) is 6.01. The molecule has 3 atom stereocenters. The van der Waals surface area contributed by atoms with E-state index in [1.54, 1.807) is 0 Å². The van der Waals surface area contributed by atoms with Crippen LogP contribution in [0.25, 0.3) is 0 Å². The molecule has 0 aliphatic heterocycles. The topological polar surface area (TPSA) is 53.0 Å². The summed E-state index contributed by atoms with van der Waals surface area (Å²) in [6, 6.07) is 11.0. The van der Waals surface area contributed by atoms with Gasteiger partial charge in [0.1, 0.15) is 0 Å². The lowest BCUT2D eigenvalue weighted by molar-refractivity contribution is 0.197. The molecule has 0 heterocycles. The van der Waals surface area contributed by atoms with Gasteiger partial charge in [-0.3, -0.25) is 4.90 Å². The van der Waals surface area contributed by atoms with Gasteiger partial charge in [0.05, 0.1) is 12.0 Å². The Balaban J connectivity index is 2.98. The van der Waals surface area contributed by atoms with Crippen LogP contribution in [-0.4, -0.2) is 24.5 Å². The lowest BCUT2D eigenvalue weighted by Gasteiger charge is -2.33. The maximum atomic E-state index is 8.97. The summed E-state index contributed by atoms with van der Waals surface area (Å²) >= 11 is 0. The van der Waals surface area contributed by atoms with Crippen molar-refractivity contribution in [3.8, 4) is 6.07 Å². The van der Waals surface area contributed by atoms with E-state index in [4.69, 9.17) is 11.0 Å². The highest BCUT2D eigenvalue weighted by molar-refractivity contribution is 5.26. The molecule has 0 saturated heterocycles. The van der Waals surface area contributed by atoms with E-state index in [-0.39, 0.29) is 18.0 Å². The summed E-state index contributed by atoms with van der Waals surface area (Å²) in [6.45, 7) is 6.88. The molecule has 2 N–H and O–H groups in total. The van der Waals surface area contributed by atoms with Gasteiger partial charge in [0.2, 0.25) is 0 Å². The third kappa shape index (κ3) is 4.34. The zero-order valence-corrected chi connectivity index (χ0v) is 12.4. The first-order chi connectivity index (χ1) is 8.99. The van der Waals surface area contributed by atoms with Crippen LogP contribution in [0.5, 0.6) is 0 Å². The van der Waals surface area contributed by atoms with Gasteiger partial charge in [-0.15, -0.1) is 0 Å². The number of nitriles is 1. The van der Waals surface area contributed by atoms with Crippen LogP contribution in [0.15, 0.2) is 24.3 Å². The molecule has 3 heteroatoms. The molecule has 3 unspecified atom stereocenters. The minimum atomic E-state index is 0.0152. The van der Waals surface area contributed by atoms with Crippen LogP contribution in [0.1, 0.15) is 37.4 Å². The molecule has 1 rings (SSSR count). The lowest BCUT2D eigenvalue weighted by atomic mass is 9.95. The molecular formula is C16H25N3. The first-order valence-corrected chi connectivity index (χ1v) is 6.91. The van der Waals surface area contributed by atoms with Gasteiger partial charge < -0.3 is 5.73 Å². The number of rotatable bonds is 6. The number of benzene rings is 1. The van der Waals surface area contributed by atoms with Crippen LogP contribution in [0.4, 0.5) is 0 Å². The minimum Gasteiger partial charge on any atom is -0.326 e. The highest BCUT2D eigenvalue weighted by atomic mass is 15.1. The van der Waals surface area contributed by atoms with Crippen molar-refractivity contribution < 1.29 is 0 Å². The summed E-state index contributed by atoms with van der Waals surface area (Å²) in [5.41, 5.74) is 8.77. The maximum absolute atomic E-state index is 8.97. The summed E-state index contributed by atoms with van der Waals surface area (Å²) in [4.78, 5) is 2.21. The van der Waals surface area contributed by atoms with Crippen LogP contribution in [0, 0.1) is 24.2 Å². The zero-order chi connectivity index (χ0) is 14.4. The normalized spacial score (nSPS) is 15.8. The van der Waals surface area contributed by atoms with Crippen LogP contribution >= 0.6 is 0 Å². The second-order valence-corrected chi connectivity index (χ2v) is 5.40. The van der Waals surface area contributed by atoms with Crippen molar-refractivity contribution in [3.63, 3.8) is 0 Å². The predicted molar refractivity (Wildman–Crippen MR) is 79.6 cm³/mol. The van der Waals surface area contributed by atoms with Crippen LogP contribution in [0.3, 0.4) is 0 Å². The SMILES string of the molecule is CCC(N)C(c1cccc(C)c1)N(C)CC(C)C#N. The molecular weight excluding hydrogens is 234 g/mol. The molecule has 0 spiro atoms. The number of hydrogen-bond acceptors (Lipinski definition) is 3. The number of nitrogens with two attached hydrogens (primary N) is 1. The Hall–Kier alpha value is -1.37. The number of hydrogen-bond donors (Lipinski definition) is 1. The van der Waals surface area contributed by atoms with E-state index in [0.717, 1.165) is 13.0 Å². The van der Waals surface area contributed by atoms with E-state index in [1.807, 2.05) is 6.92 Å². The van der Waals surface area contributed by atoms with Crippen molar-refractivity contribution in [2.24, 2.45) is 11.7 Å². The first-order valence-electron chi connectivity index (χ1n) is 6.91. The molecule has 0 fully saturated rings. The first kappa shape index (κ1) is 15.7. The third-order valence-electron chi connectivity index (χ3n) is 3.52. The van der Waals surface area contributed by atoms with E-state index in [0.29, 0.717) is 0 Å². The fraction of sp³-hybridized carbons (Fsp3) is 0.562. The van der Waals surface area contributed by atoms with Crippen LogP contribution < -0.4 is 5.73 Å². The van der Waals surface area contributed by atoms with E-state index >= 15 is 0 Å². The largest absolute Gasteiger partial charge is 0.326 e. The molecule has 0 radical (unpaired) electrons. The molecule has 3 nitrogen and oxygen atoms in total. The monoisotopic (exact) mass is 259 g/mol. The summed E-state index contributed by atoms with van der Waals surface area (Å²) in [7, 11) is 2.05. The van der Waals surface area contributed by atoms with Crippen LogP contribution in [-0.2, 0) is 0 Å². The Labute approximate surface area is 117 Å². The van der Waals surface area contributed by atoms with Gasteiger partial charge >= 0.3 is 0 Å². The molecule has 0 bridgehead atoms. The maximum Gasteiger partial charge on any atom is 0.0666 e. The smallest absolute Gasteiger partial charge is 0.0666 e. The Morgan fingerprint density at radius 1 is 1.42 bits per heavy atom. The highest BCUT2D eigenvalue weighted by Gasteiger charge is 2.24. The Morgan fingerprint density at radius 2 is 2.11 bits per heavy atom. The molecule has 104 valence electrons. The average Bonchev–Trinajstić information content (AvgIpc) is 2.38. The summed E-state index contributed by atoms with van der Waals surface area (Å²) in [5.74, 6) is 0.0152. The van der Waals surface area contributed by atoms with Gasteiger partial charge in [0, 0.05) is 18.6 Å². The van der Waals surface area contributed by atoms with Crippen molar-refractivity contribution in [1.82, 2.24) is 4.90 Å². The van der Waals surface area contributed by atoms with Crippen molar-refractivity contribution >= 4 is 0 Å². The summed E-state index contributed by atoms with van der Waals surface area (Å²) < 4.78 is 0. The zero-order valence-electron chi connectivity index (χ0n) is 12.4.